The topological polar surface area (TPSA) is 66.4 Å². The summed E-state index contributed by atoms with van der Waals surface area (Å²) in [5, 5.41) is 10.3. The Morgan fingerprint density at radius 3 is 2.31 bits per heavy atom. The van der Waals surface area contributed by atoms with Gasteiger partial charge in [0.05, 0.1) is 0 Å². The van der Waals surface area contributed by atoms with Crippen molar-refractivity contribution in [2.75, 3.05) is 0 Å². The first-order chi connectivity index (χ1) is 6.11. The molecule has 0 aromatic rings. The maximum Gasteiger partial charge on any atom is 0.405 e. The molecular formula is C8H12FNO3. The van der Waals surface area contributed by atoms with Gasteiger partial charge in [0.15, 0.2) is 0 Å². The smallest absolute Gasteiger partial charge is 0.405 e. The molecule has 2 N–H and O–H groups in total. The molecule has 0 radical (unpaired) electrons. The molecule has 1 aliphatic rings. The second-order valence-electron chi connectivity index (χ2n) is 3.28. The third-order valence-corrected chi connectivity index (χ3v) is 2.39. The van der Waals surface area contributed by atoms with Crippen molar-refractivity contribution in [3.05, 3.63) is 0 Å². The molecule has 1 amide bonds. The lowest BCUT2D eigenvalue weighted by Crippen LogP contribution is -2.43. The van der Waals surface area contributed by atoms with Crippen LogP contribution in [0.15, 0.2) is 0 Å². The zero-order valence-corrected chi connectivity index (χ0v) is 7.12. The summed E-state index contributed by atoms with van der Waals surface area (Å²) in [6, 6.07) is -2.73. The van der Waals surface area contributed by atoms with Crippen molar-refractivity contribution in [2.24, 2.45) is 5.92 Å². The van der Waals surface area contributed by atoms with Crippen LogP contribution in [-0.2, 0) is 4.79 Å². The number of halogens is 1. The van der Waals surface area contributed by atoms with Crippen LogP contribution in [0.3, 0.4) is 0 Å². The minimum absolute atomic E-state index is 0.159. The summed E-state index contributed by atoms with van der Waals surface area (Å²) in [5.74, 6) is -0.159. The van der Waals surface area contributed by atoms with Gasteiger partial charge in [0.1, 0.15) is 6.04 Å². The first-order valence-electron chi connectivity index (χ1n) is 4.30. The minimum Gasteiger partial charge on any atom is -0.465 e. The molecular weight excluding hydrogens is 177 g/mol. The summed E-state index contributed by atoms with van der Waals surface area (Å²) in [5.41, 5.74) is 0. The van der Waals surface area contributed by atoms with Crippen LogP contribution < -0.4 is 5.32 Å². The van der Waals surface area contributed by atoms with Gasteiger partial charge in [0.25, 0.3) is 0 Å². The van der Waals surface area contributed by atoms with Gasteiger partial charge in [-0.3, -0.25) is 4.79 Å². The minimum atomic E-state index is -1.57. The van der Waals surface area contributed by atoms with E-state index < -0.39 is 18.2 Å². The molecule has 4 nitrogen and oxygen atoms in total. The van der Waals surface area contributed by atoms with E-state index in [4.69, 9.17) is 5.11 Å². The van der Waals surface area contributed by atoms with Crippen LogP contribution in [0.25, 0.3) is 0 Å². The Morgan fingerprint density at radius 2 is 1.92 bits per heavy atom. The molecule has 1 fully saturated rings. The number of carboxylic acid groups (broad SMARTS) is 1. The molecule has 0 heterocycles. The zero-order chi connectivity index (χ0) is 9.84. The van der Waals surface area contributed by atoms with Gasteiger partial charge < -0.3 is 10.4 Å². The zero-order valence-electron chi connectivity index (χ0n) is 7.12. The maximum absolute atomic E-state index is 12.4. The summed E-state index contributed by atoms with van der Waals surface area (Å²) in [6.45, 7) is 0. The number of rotatable bonds is 3. The highest BCUT2D eigenvalue weighted by molar-refractivity contribution is 5.80. The molecule has 13 heavy (non-hydrogen) atoms. The second-order valence-corrected chi connectivity index (χ2v) is 3.28. The van der Waals surface area contributed by atoms with E-state index in [1.165, 1.54) is 0 Å². The summed E-state index contributed by atoms with van der Waals surface area (Å²) >= 11 is 0. The lowest BCUT2D eigenvalue weighted by Gasteiger charge is -2.17. The van der Waals surface area contributed by atoms with Gasteiger partial charge in [0.2, 0.25) is 0 Å². The molecule has 0 spiro atoms. The molecule has 1 aliphatic carbocycles. The molecule has 1 saturated carbocycles. The normalized spacial score (nSPS) is 19.8. The van der Waals surface area contributed by atoms with Crippen LogP contribution in [0.2, 0.25) is 0 Å². The highest BCUT2D eigenvalue weighted by atomic mass is 19.1. The maximum atomic E-state index is 12.4. The quantitative estimate of drug-likeness (QED) is 0.658. The Hall–Kier alpha value is -1.13. The fourth-order valence-corrected chi connectivity index (χ4v) is 1.78. The number of carbonyl (C=O) groups is 2. The third-order valence-electron chi connectivity index (χ3n) is 2.39. The number of amides is 1. The predicted octanol–water partition coefficient (Wildman–Crippen LogP) is 1.31. The Balaban J connectivity index is 2.55. The lowest BCUT2D eigenvalue weighted by molar-refractivity contribution is -0.132. The molecule has 0 saturated heterocycles. The molecule has 0 aromatic heterocycles. The van der Waals surface area contributed by atoms with Crippen LogP contribution in [0.4, 0.5) is 9.18 Å². The highest BCUT2D eigenvalue weighted by Crippen LogP contribution is 2.28. The van der Waals surface area contributed by atoms with Crippen molar-refractivity contribution in [2.45, 2.75) is 31.7 Å². The van der Waals surface area contributed by atoms with E-state index in [0.717, 1.165) is 25.7 Å². The van der Waals surface area contributed by atoms with Crippen molar-refractivity contribution in [3.8, 4) is 0 Å². The van der Waals surface area contributed by atoms with Crippen molar-refractivity contribution in [1.29, 1.82) is 0 Å². The molecule has 1 atom stereocenters. The van der Waals surface area contributed by atoms with Gasteiger partial charge >= 0.3 is 12.1 Å². The van der Waals surface area contributed by atoms with Crippen LogP contribution in [0, 0.1) is 5.92 Å². The van der Waals surface area contributed by atoms with Crippen molar-refractivity contribution < 1.29 is 19.1 Å². The van der Waals surface area contributed by atoms with E-state index in [-0.39, 0.29) is 5.92 Å². The fraction of sp³-hybridized carbons (Fsp3) is 0.750. The fourth-order valence-electron chi connectivity index (χ4n) is 1.78. The summed E-state index contributed by atoms with van der Waals surface area (Å²) in [6.07, 6.45) is 1.98. The number of hydrogen-bond acceptors (Lipinski definition) is 2. The third kappa shape index (κ3) is 2.68. The molecule has 1 rings (SSSR count). The average molecular weight is 189 g/mol. The molecule has 0 aliphatic heterocycles. The predicted molar refractivity (Wildman–Crippen MR) is 43.0 cm³/mol. The van der Waals surface area contributed by atoms with E-state index in [2.05, 4.69) is 0 Å². The summed E-state index contributed by atoms with van der Waals surface area (Å²) < 4.78 is 12.4. The van der Waals surface area contributed by atoms with E-state index in [0.29, 0.717) is 0 Å². The number of nitrogens with one attached hydrogen (secondary N) is 1. The molecule has 0 bridgehead atoms. The van der Waals surface area contributed by atoms with Crippen molar-refractivity contribution in [3.63, 3.8) is 0 Å². The Labute approximate surface area is 75.1 Å². The molecule has 5 heteroatoms. The Bertz CT molecular complexity index is 213. The first-order valence-corrected chi connectivity index (χ1v) is 4.30. The van der Waals surface area contributed by atoms with Crippen molar-refractivity contribution in [1.82, 2.24) is 5.32 Å². The van der Waals surface area contributed by atoms with Gasteiger partial charge in [-0.1, -0.05) is 12.8 Å². The van der Waals surface area contributed by atoms with Crippen molar-refractivity contribution >= 4 is 12.1 Å². The number of hydrogen-bond donors (Lipinski definition) is 2. The monoisotopic (exact) mass is 189 g/mol. The van der Waals surface area contributed by atoms with Gasteiger partial charge in [-0.15, -0.1) is 0 Å². The van der Waals surface area contributed by atoms with Crippen LogP contribution in [-0.4, -0.2) is 23.3 Å². The Morgan fingerprint density at radius 1 is 1.38 bits per heavy atom. The van der Waals surface area contributed by atoms with Gasteiger partial charge in [-0.05, 0) is 18.8 Å². The summed E-state index contributed by atoms with van der Waals surface area (Å²) in [4.78, 5) is 20.7. The van der Waals surface area contributed by atoms with Gasteiger partial charge in [-0.25, -0.2) is 4.79 Å². The summed E-state index contributed by atoms with van der Waals surface area (Å²) in [7, 11) is 0. The SMILES string of the molecule is O=C(O)NC(C(=O)F)C1CCCC1. The van der Waals surface area contributed by atoms with E-state index >= 15 is 0 Å². The Kier molecular flexibility index (Phi) is 3.22. The van der Waals surface area contributed by atoms with Crippen LogP contribution in [0.1, 0.15) is 25.7 Å². The standard InChI is InChI=1S/C8H12FNO3/c9-7(11)6(10-8(12)13)5-3-1-2-4-5/h5-6,10H,1-4H2,(H,12,13). The van der Waals surface area contributed by atoms with E-state index in [1.807, 2.05) is 5.32 Å². The first kappa shape index (κ1) is 9.95. The van der Waals surface area contributed by atoms with Crippen LogP contribution in [0.5, 0.6) is 0 Å². The van der Waals surface area contributed by atoms with Gasteiger partial charge in [-0.2, -0.15) is 4.39 Å². The van der Waals surface area contributed by atoms with E-state index in [9.17, 15) is 14.0 Å². The van der Waals surface area contributed by atoms with Crippen LogP contribution >= 0.6 is 0 Å². The van der Waals surface area contributed by atoms with Gasteiger partial charge in [0, 0.05) is 0 Å². The molecule has 1 unspecified atom stereocenters. The lowest BCUT2D eigenvalue weighted by atomic mass is 9.99. The molecule has 74 valence electrons. The average Bonchev–Trinajstić information content (AvgIpc) is 2.50. The second kappa shape index (κ2) is 4.20. The largest absolute Gasteiger partial charge is 0.465 e. The van der Waals surface area contributed by atoms with E-state index in [1.54, 1.807) is 0 Å². The molecule has 0 aromatic carbocycles. The number of carbonyl (C=O) groups excluding carboxylic acids is 1. The highest BCUT2D eigenvalue weighted by Gasteiger charge is 2.31.